The number of thiophene rings is 1. The second kappa shape index (κ2) is 8.53. The summed E-state index contributed by atoms with van der Waals surface area (Å²) in [4.78, 5) is 29.9. The van der Waals surface area contributed by atoms with Crippen molar-refractivity contribution in [1.29, 1.82) is 0 Å². The lowest BCUT2D eigenvalue weighted by atomic mass is 10.2. The average Bonchev–Trinajstić information content (AvgIpc) is 3.21. The minimum Gasteiger partial charge on any atom is -0.475 e. The van der Waals surface area contributed by atoms with E-state index in [9.17, 15) is 18.0 Å². The Hall–Kier alpha value is -2.40. The standard InChI is InChI=1S/C14H18N4OS.C2HF3O2/c1-16(2)7-12-8-17-4-5-18(9-13(17)15-12)14(19)11-3-6-20-10-11;3-2(4,5)1(6)7/h3,6,8,10H,4-5,7,9H2,1-2H3;(H,6,7). The number of carboxylic acids is 1. The molecule has 0 fully saturated rings. The number of imidazole rings is 1. The van der Waals surface area contributed by atoms with Gasteiger partial charge < -0.3 is 19.5 Å². The molecule has 0 unspecified atom stereocenters. The third-order valence-electron chi connectivity index (χ3n) is 3.63. The third kappa shape index (κ3) is 5.79. The first kappa shape index (κ1) is 20.9. The van der Waals surface area contributed by atoms with Gasteiger partial charge in [-0.1, -0.05) is 0 Å². The summed E-state index contributed by atoms with van der Waals surface area (Å²) in [5.41, 5.74) is 1.85. The van der Waals surface area contributed by atoms with Crippen molar-refractivity contribution < 1.29 is 27.9 Å². The van der Waals surface area contributed by atoms with Gasteiger partial charge in [-0.05, 0) is 25.5 Å². The molecule has 1 amide bonds. The number of carbonyl (C=O) groups excluding carboxylic acids is 1. The lowest BCUT2D eigenvalue weighted by Crippen LogP contribution is -2.38. The minimum atomic E-state index is -5.08. The van der Waals surface area contributed by atoms with Crippen LogP contribution in [0.5, 0.6) is 0 Å². The van der Waals surface area contributed by atoms with Crippen LogP contribution < -0.4 is 0 Å². The van der Waals surface area contributed by atoms with Crippen LogP contribution in [0.2, 0.25) is 0 Å². The maximum absolute atomic E-state index is 12.3. The van der Waals surface area contributed by atoms with Crippen molar-refractivity contribution in [3.8, 4) is 0 Å². The van der Waals surface area contributed by atoms with Crippen LogP contribution in [0.1, 0.15) is 21.9 Å². The molecule has 11 heteroatoms. The number of nitrogens with zero attached hydrogens (tertiary/aromatic N) is 4. The zero-order valence-corrected chi connectivity index (χ0v) is 15.5. The summed E-state index contributed by atoms with van der Waals surface area (Å²) in [5.74, 6) is -1.67. The molecular formula is C16H19F3N4O3S. The number of halogens is 3. The predicted molar refractivity (Wildman–Crippen MR) is 92.4 cm³/mol. The zero-order chi connectivity index (χ0) is 20.2. The summed E-state index contributed by atoms with van der Waals surface area (Å²) >= 11 is 1.55. The zero-order valence-electron chi connectivity index (χ0n) is 14.7. The number of hydrogen-bond donors (Lipinski definition) is 1. The van der Waals surface area contributed by atoms with Gasteiger partial charge in [-0.2, -0.15) is 24.5 Å². The van der Waals surface area contributed by atoms with Gasteiger partial charge in [-0.15, -0.1) is 0 Å². The van der Waals surface area contributed by atoms with E-state index in [1.165, 1.54) is 0 Å². The number of aliphatic carboxylic acids is 1. The molecule has 1 N–H and O–H groups in total. The van der Waals surface area contributed by atoms with E-state index in [4.69, 9.17) is 9.90 Å². The van der Waals surface area contributed by atoms with Crippen molar-refractivity contribution in [2.75, 3.05) is 20.6 Å². The average molecular weight is 404 g/mol. The summed E-state index contributed by atoms with van der Waals surface area (Å²) < 4.78 is 33.9. The Kier molecular flexibility index (Phi) is 6.60. The number of amides is 1. The molecule has 3 rings (SSSR count). The Bertz CT molecular complexity index is 787. The maximum atomic E-state index is 12.3. The molecular weight excluding hydrogens is 385 g/mol. The van der Waals surface area contributed by atoms with Gasteiger partial charge in [0.15, 0.2) is 0 Å². The van der Waals surface area contributed by atoms with Gasteiger partial charge in [0.05, 0.1) is 17.8 Å². The monoisotopic (exact) mass is 404 g/mol. The molecule has 0 bridgehead atoms. The van der Waals surface area contributed by atoms with E-state index < -0.39 is 12.1 Å². The topological polar surface area (TPSA) is 78.7 Å². The molecule has 148 valence electrons. The highest BCUT2D eigenvalue weighted by Crippen LogP contribution is 2.17. The maximum Gasteiger partial charge on any atom is 0.490 e. The Balaban J connectivity index is 0.000000321. The number of hydrogen-bond acceptors (Lipinski definition) is 5. The molecule has 7 nitrogen and oxygen atoms in total. The van der Waals surface area contributed by atoms with E-state index in [1.807, 2.05) is 35.8 Å². The number of aromatic nitrogens is 2. The summed E-state index contributed by atoms with van der Waals surface area (Å²) in [6.45, 7) is 3.01. The predicted octanol–water partition coefficient (Wildman–Crippen LogP) is 2.30. The first-order valence-corrected chi connectivity index (χ1v) is 8.83. The van der Waals surface area contributed by atoms with E-state index in [-0.39, 0.29) is 5.91 Å². The second-order valence-electron chi connectivity index (χ2n) is 6.12. The smallest absolute Gasteiger partial charge is 0.475 e. The lowest BCUT2D eigenvalue weighted by molar-refractivity contribution is -0.192. The van der Waals surface area contributed by atoms with Crippen molar-refractivity contribution in [2.24, 2.45) is 0 Å². The highest BCUT2D eigenvalue weighted by atomic mass is 32.1. The molecule has 1 aliphatic rings. The van der Waals surface area contributed by atoms with Gasteiger partial charge in [0, 0.05) is 31.2 Å². The number of fused-ring (bicyclic) bond motifs is 1. The van der Waals surface area contributed by atoms with Crippen LogP contribution in [0.25, 0.3) is 0 Å². The quantitative estimate of drug-likeness (QED) is 0.849. The number of rotatable bonds is 3. The first-order chi connectivity index (χ1) is 12.6. The van der Waals surface area contributed by atoms with Crippen LogP contribution in [0.4, 0.5) is 13.2 Å². The summed E-state index contributed by atoms with van der Waals surface area (Å²) in [5, 5.41) is 11.0. The van der Waals surface area contributed by atoms with Gasteiger partial charge in [0.2, 0.25) is 0 Å². The molecule has 2 aromatic heterocycles. The van der Waals surface area contributed by atoms with Crippen molar-refractivity contribution in [1.82, 2.24) is 19.4 Å². The van der Waals surface area contributed by atoms with Crippen molar-refractivity contribution in [3.63, 3.8) is 0 Å². The van der Waals surface area contributed by atoms with Gasteiger partial charge in [0.1, 0.15) is 5.82 Å². The first-order valence-electron chi connectivity index (χ1n) is 7.89. The van der Waals surface area contributed by atoms with Gasteiger partial charge in [0.25, 0.3) is 5.91 Å². The molecule has 27 heavy (non-hydrogen) atoms. The van der Waals surface area contributed by atoms with Crippen LogP contribution in [-0.4, -0.2) is 63.2 Å². The van der Waals surface area contributed by atoms with Gasteiger partial charge >= 0.3 is 12.1 Å². The van der Waals surface area contributed by atoms with Crippen LogP contribution in [0.3, 0.4) is 0 Å². The fourth-order valence-corrected chi connectivity index (χ4v) is 3.08. The molecule has 0 spiro atoms. The molecule has 1 aliphatic heterocycles. The van der Waals surface area contributed by atoms with E-state index in [0.717, 1.165) is 36.7 Å². The van der Waals surface area contributed by atoms with Crippen LogP contribution >= 0.6 is 11.3 Å². The number of carbonyl (C=O) groups is 2. The number of carboxylic acid groups (broad SMARTS) is 1. The summed E-state index contributed by atoms with van der Waals surface area (Å²) in [7, 11) is 4.06. The Morgan fingerprint density at radius 1 is 1.33 bits per heavy atom. The lowest BCUT2D eigenvalue weighted by Gasteiger charge is -2.27. The van der Waals surface area contributed by atoms with Gasteiger partial charge in [-0.25, -0.2) is 9.78 Å². The Morgan fingerprint density at radius 2 is 2.00 bits per heavy atom. The molecule has 2 aromatic rings. The molecule has 0 radical (unpaired) electrons. The molecule has 3 heterocycles. The highest BCUT2D eigenvalue weighted by molar-refractivity contribution is 7.08. The normalized spacial score (nSPS) is 13.8. The highest BCUT2D eigenvalue weighted by Gasteiger charge is 2.38. The largest absolute Gasteiger partial charge is 0.490 e. The number of alkyl halides is 3. The van der Waals surface area contributed by atoms with Crippen LogP contribution in [0, 0.1) is 0 Å². The Morgan fingerprint density at radius 3 is 2.52 bits per heavy atom. The van der Waals surface area contributed by atoms with Crippen molar-refractivity contribution in [3.05, 3.63) is 40.1 Å². The SMILES string of the molecule is CN(C)Cc1cn2c(n1)CN(C(=O)c1ccsc1)CC2.O=C(O)C(F)(F)F. The molecule has 0 aromatic carbocycles. The van der Waals surface area contributed by atoms with Crippen LogP contribution in [-0.2, 0) is 24.4 Å². The van der Waals surface area contributed by atoms with E-state index in [0.29, 0.717) is 6.54 Å². The molecule has 0 saturated heterocycles. The van der Waals surface area contributed by atoms with E-state index in [2.05, 4.69) is 20.6 Å². The van der Waals surface area contributed by atoms with E-state index >= 15 is 0 Å². The third-order valence-corrected chi connectivity index (χ3v) is 4.31. The fourth-order valence-electron chi connectivity index (χ4n) is 2.45. The van der Waals surface area contributed by atoms with Gasteiger partial charge in [-0.3, -0.25) is 4.79 Å². The fraction of sp³-hybridized carbons (Fsp3) is 0.438. The summed E-state index contributed by atoms with van der Waals surface area (Å²) in [6, 6.07) is 1.88. The Labute approximate surface area is 157 Å². The molecule has 0 saturated carbocycles. The van der Waals surface area contributed by atoms with E-state index in [1.54, 1.807) is 11.3 Å². The van der Waals surface area contributed by atoms with Crippen LogP contribution in [0.15, 0.2) is 23.0 Å². The van der Waals surface area contributed by atoms with Crippen molar-refractivity contribution in [2.45, 2.75) is 25.8 Å². The molecule has 0 atom stereocenters. The minimum absolute atomic E-state index is 0.106. The van der Waals surface area contributed by atoms with Crippen molar-refractivity contribution >= 4 is 23.2 Å². The summed E-state index contributed by atoms with van der Waals surface area (Å²) in [6.07, 6.45) is -2.98. The second-order valence-corrected chi connectivity index (χ2v) is 6.90. The molecule has 0 aliphatic carbocycles.